The smallest absolute Gasteiger partial charge is 0.120 e. The van der Waals surface area contributed by atoms with Gasteiger partial charge < -0.3 is 4.74 Å². The van der Waals surface area contributed by atoms with E-state index >= 15 is 0 Å². The maximum atomic E-state index is 5.18. The highest BCUT2D eigenvalue weighted by Gasteiger charge is 2.02. The third kappa shape index (κ3) is 2.37. The molecule has 0 saturated heterocycles. The van der Waals surface area contributed by atoms with Gasteiger partial charge in [0, 0.05) is 3.57 Å². The molecule has 0 aromatic heterocycles. The van der Waals surface area contributed by atoms with Gasteiger partial charge in [-0.05, 0) is 52.3 Å². The zero-order valence-corrected chi connectivity index (χ0v) is 9.75. The van der Waals surface area contributed by atoms with Crippen molar-refractivity contribution in [2.45, 2.75) is 19.8 Å². The van der Waals surface area contributed by atoms with Crippen molar-refractivity contribution in [1.82, 2.24) is 0 Å². The van der Waals surface area contributed by atoms with E-state index in [0.717, 1.165) is 5.75 Å². The van der Waals surface area contributed by atoms with E-state index in [9.17, 15) is 0 Å². The second-order valence-corrected chi connectivity index (χ2v) is 4.32. The summed E-state index contributed by atoms with van der Waals surface area (Å²) >= 11 is 2.31. The average Bonchev–Trinajstić information content (AvgIpc) is 2.03. The van der Waals surface area contributed by atoms with Crippen LogP contribution < -0.4 is 4.74 Å². The molecular weight excluding hydrogens is 263 g/mol. The highest BCUT2D eigenvalue weighted by atomic mass is 127. The maximum Gasteiger partial charge on any atom is 0.120 e. The lowest BCUT2D eigenvalue weighted by Crippen LogP contribution is -1.91. The van der Waals surface area contributed by atoms with Crippen molar-refractivity contribution in [3.8, 4) is 5.75 Å². The standard InChI is InChI=1S/C10H13IO/c1-7(2)8-4-9(11)6-10(5-8)12-3/h4-7H,1-3H3. The zero-order valence-electron chi connectivity index (χ0n) is 7.60. The Labute approximate surface area is 87.3 Å². The van der Waals surface area contributed by atoms with Crippen LogP contribution in [0, 0.1) is 3.57 Å². The molecule has 0 unspecified atom stereocenters. The number of hydrogen-bond acceptors (Lipinski definition) is 1. The van der Waals surface area contributed by atoms with Gasteiger partial charge in [0.1, 0.15) is 5.75 Å². The van der Waals surface area contributed by atoms with Crippen LogP contribution in [-0.2, 0) is 0 Å². The van der Waals surface area contributed by atoms with Gasteiger partial charge >= 0.3 is 0 Å². The topological polar surface area (TPSA) is 9.23 Å². The van der Waals surface area contributed by atoms with E-state index < -0.39 is 0 Å². The predicted octanol–water partition coefficient (Wildman–Crippen LogP) is 3.42. The highest BCUT2D eigenvalue weighted by molar-refractivity contribution is 14.1. The molecule has 0 fully saturated rings. The summed E-state index contributed by atoms with van der Waals surface area (Å²) in [6.07, 6.45) is 0. The number of rotatable bonds is 2. The minimum atomic E-state index is 0.564. The molecule has 0 atom stereocenters. The van der Waals surface area contributed by atoms with Crippen molar-refractivity contribution >= 4 is 22.6 Å². The van der Waals surface area contributed by atoms with Crippen LogP contribution in [-0.4, -0.2) is 7.11 Å². The second-order valence-electron chi connectivity index (χ2n) is 3.08. The van der Waals surface area contributed by atoms with E-state index in [4.69, 9.17) is 4.74 Å². The molecule has 0 bridgehead atoms. The Kier molecular flexibility index (Phi) is 3.38. The number of halogens is 1. The van der Waals surface area contributed by atoms with E-state index in [0.29, 0.717) is 5.92 Å². The Balaban J connectivity index is 3.06. The molecule has 12 heavy (non-hydrogen) atoms. The Bertz CT molecular complexity index is 269. The third-order valence-corrected chi connectivity index (χ3v) is 2.42. The summed E-state index contributed by atoms with van der Waals surface area (Å²) in [7, 11) is 1.70. The number of benzene rings is 1. The fraction of sp³-hybridized carbons (Fsp3) is 0.400. The van der Waals surface area contributed by atoms with Crippen molar-refractivity contribution in [2.24, 2.45) is 0 Å². The zero-order chi connectivity index (χ0) is 9.14. The van der Waals surface area contributed by atoms with Gasteiger partial charge in [-0.1, -0.05) is 13.8 Å². The Hall–Kier alpha value is -0.250. The van der Waals surface area contributed by atoms with E-state index in [2.05, 4.69) is 48.6 Å². The fourth-order valence-electron chi connectivity index (χ4n) is 1.04. The summed E-state index contributed by atoms with van der Waals surface area (Å²) in [5.74, 6) is 1.51. The van der Waals surface area contributed by atoms with Crippen molar-refractivity contribution in [2.75, 3.05) is 7.11 Å². The van der Waals surface area contributed by atoms with Gasteiger partial charge in [-0.25, -0.2) is 0 Å². The van der Waals surface area contributed by atoms with Crippen molar-refractivity contribution < 1.29 is 4.74 Å². The molecule has 1 rings (SSSR count). The quantitative estimate of drug-likeness (QED) is 0.752. The van der Waals surface area contributed by atoms with Crippen LogP contribution in [0.1, 0.15) is 25.3 Å². The van der Waals surface area contributed by atoms with E-state index in [1.165, 1.54) is 9.13 Å². The normalized spacial score (nSPS) is 10.4. The highest BCUT2D eigenvalue weighted by Crippen LogP contribution is 2.23. The van der Waals surface area contributed by atoms with Crippen LogP contribution in [0.4, 0.5) is 0 Å². The van der Waals surface area contributed by atoms with Gasteiger partial charge in [-0.3, -0.25) is 0 Å². The van der Waals surface area contributed by atoms with Crippen LogP contribution in [0.5, 0.6) is 5.75 Å². The molecule has 0 saturated carbocycles. The fourth-order valence-corrected chi connectivity index (χ4v) is 1.70. The lowest BCUT2D eigenvalue weighted by Gasteiger charge is -2.08. The van der Waals surface area contributed by atoms with Gasteiger partial charge in [0.25, 0.3) is 0 Å². The number of ether oxygens (including phenoxy) is 1. The largest absolute Gasteiger partial charge is 0.497 e. The van der Waals surface area contributed by atoms with Gasteiger partial charge in [0.15, 0.2) is 0 Å². The lowest BCUT2D eigenvalue weighted by atomic mass is 10.0. The summed E-state index contributed by atoms with van der Waals surface area (Å²) in [6.45, 7) is 4.37. The van der Waals surface area contributed by atoms with Crippen molar-refractivity contribution in [3.63, 3.8) is 0 Å². The summed E-state index contributed by atoms with van der Waals surface area (Å²) in [6, 6.07) is 6.31. The molecule has 0 aliphatic rings. The van der Waals surface area contributed by atoms with Gasteiger partial charge in [-0.2, -0.15) is 0 Å². The van der Waals surface area contributed by atoms with E-state index in [-0.39, 0.29) is 0 Å². The van der Waals surface area contributed by atoms with Crippen LogP contribution in [0.2, 0.25) is 0 Å². The van der Waals surface area contributed by atoms with Crippen LogP contribution in [0.15, 0.2) is 18.2 Å². The van der Waals surface area contributed by atoms with Gasteiger partial charge in [0.05, 0.1) is 7.11 Å². The minimum Gasteiger partial charge on any atom is -0.497 e. The summed E-state index contributed by atoms with van der Waals surface area (Å²) in [5.41, 5.74) is 1.33. The Morgan fingerprint density at radius 3 is 2.42 bits per heavy atom. The third-order valence-electron chi connectivity index (χ3n) is 1.80. The summed E-state index contributed by atoms with van der Waals surface area (Å²) in [4.78, 5) is 0. The molecule has 0 spiro atoms. The minimum absolute atomic E-state index is 0.564. The molecular formula is C10H13IO. The molecule has 1 nitrogen and oxygen atoms in total. The Morgan fingerprint density at radius 2 is 1.92 bits per heavy atom. The monoisotopic (exact) mass is 276 g/mol. The number of hydrogen-bond donors (Lipinski definition) is 0. The SMILES string of the molecule is COc1cc(I)cc(C(C)C)c1. The first kappa shape index (κ1) is 9.84. The van der Waals surface area contributed by atoms with Crippen LogP contribution >= 0.6 is 22.6 Å². The predicted molar refractivity (Wildman–Crippen MR) is 59.8 cm³/mol. The molecule has 0 aliphatic heterocycles. The molecule has 1 aromatic carbocycles. The first-order chi connectivity index (χ1) is 5.63. The number of methoxy groups -OCH3 is 1. The van der Waals surface area contributed by atoms with Crippen LogP contribution in [0.3, 0.4) is 0 Å². The molecule has 1 aromatic rings. The first-order valence-electron chi connectivity index (χ1n) is 3.98. The molecule has 66 valence electrons. The van der Waals surface area contributed by atoms with E-state index in [1.54, 1.807) is 7.11 Å². The summed E-state index contributed by atoms with van der Waals surface area (Å²) in [5, 5.41) is 0. The van der Waals surface area contributed by atoms with Gasteiger partial charge in [0.2, 0.25) is 0 Å². The lowest BCUT2D eigenvalue weighted by molar-refractivity contribution is 0.413. The molecule has 0 N–H and O–H groups in total. The maximum absolute atomic E-state index is 5.18. The molecule has 0 aliphatic carbocycles. The van der Waals surface area contributed by atoms with Gasteiger partial charge in [-0.15, -0.1) is 0 Å². The van der Waals surface area contributed by atoms with Crippen molar-refractivity contribution in [3.05, 3.63) is 27.3 Å². The summed E-state index contributed by atoms with van der Waals surface area (Å²) < 4.78 is 6.41. The molecule has 0 heterocycles. The second kappa shape index (κ2) is 4.12. The average molecular weight is 276 g/mol. The van der Waals surface area contributed by atoms with Crippen LogP contribution in [0.25, 0.3) is 0 Å². The molecule has 2 heteroatoms. The molecule has 0 radical (unpaired) electrons. The first-order valence-corrected chi connectivity index (χ1v) is 5.06. The van der Waals surface area contributed by atoms with Crippen molar-refractivity contribution in [1.29, 1.82) is 0 Å². The molecule has 0 amide bonds. The van der Waals surface area contributed by atoms with E-state index in [1.807, 2.05) is 6.07 Å². The Morgan fingerprint density at radius 1 is 1.25 bits per heavy atom.